The molecule has 0 bridgehead atoms. The van der Waals surface area contributed by atoms with Gasteiger partial charge >= 0.3 is 0 Å². The summed E-state index contributed by atoms with van der Waals surface area (Å²) in [4.78, 5) is 0. The first-order valence-corrected chi connectivity index (χ1v) is 4.91. The average molecular weight is 149 g/mol. The van der Waals surface area contributed by atoms with Crippen LogP contribution in [0.15, 0.2) is 0 Å². The zero-order valence-corrected chi connectivity index (χ0v) is 8.66. The summed E-state index contributed by atoms with van der Waals surface area (Å²) < 4.78 is 0. The van der Waals surface area contributed by atoms with E-state index in [2.05, 4.69) is 13.8 Å². The summed E-state index contributed by atoms with van der Waals surface area (Å²) in [6.07, 6.45) is 11.5. The molecule has 0 nitrogen and oxygen atoms in total. The Morgan fingerprint density at radius 2 is 0.818 bits per heavy atom. The van der Waals surface area contributed by atoms with Crippen LogP contribution in [0.5, 0.6) is 0 Å². The topological polar surface area (TPSA) is 0 Å². The number of rotatable bonds is 7. The monoisotopic (exact) mass is 149 g/mol. The molecule has 0 amide bonds. The average Bonchev–Trinajstić information content (AvgIpc) is 1.97. The fraction of sp³-hybridized carbons (Fsp3) is 1.00. The molecule has 0 heterocycles. The molecule has 0 rings (SSSR count). The van der Waals surface area contributed by atoms with Crippen molar-refractivity contribution in [2.75, 3.05) is 0 Å². The van der Waals surface area contributed by atoms with Crippen LogP contribution in [-0.2, 0) is 0 Å². The molecule has 0 aromatic rings. The van der Waals surface area contributed by atoms with Crippen molar-refractivity contribution in [1.82, 2.24) is 0 Å². The first kappa shape index (κ1) is 14.1. The molecular weight excluding hydrogens is 127 g/mol. The van der Waals surface area contributed by atoms with Gasteiger partial charge in [-0.25, -0.2) is 0 Å². The van der Waals surface area contributed by atoms with Gasteiger partial charge in [0, 0.05) is 18.9 Å². The van der Waals surface area contributed by atoms with E-state index in [0.717, 1.165) is 0 Å². The van der Waals surface area contributed by atoms with Gasteiger partial charge in [0.15, 0.2) is 0 Å². The van der Waals surface area contributed by atoms with Crippen molar-refractivity contribution in [3.8, 4) is 0 Å². The second-order valence-corrected chi connectivity index (χ2v) is 3.12. The summed E-state index contributed by atoms with van der Waals surface area (Å²) in [5.41, 5.74) is 0. The van der Waals surface area contributed by atoms with Gasteiger partial charge < -0.3 is 0 Å². The van der Waals surface area contributed by atoms with Crippen LogP contribution in [0.25, 0.3) is 0 Å². The molecule has 0 fully saturated rings. The maximum atomic E-state index is 2.27. The van der Waals surface area contributed by atoms with Crippen LogP contribution in [0.1, 0.15) is 65.2 Å². The first-order valence-electron chi connectivity index (χ1n) is 4.91. The fourth-order valence-corrected chi connectivity index (χ4v) is 1.21. The molecule has 0 saturated carbocycles. The van der Waals surface area contributed by atoms with Gasteiger partial charge in [-0.2, -0.15) is 0 Å². The second-order valence-electron chi connectivity index (χ2n) is 3.12. The maximum absolute atomic E-state index is 2.27. The van der Waals surface area contributed by atoms with Crippen molar-refractivity contribution in [2.24, 2.45) is 0 Å². The zero-order chi connectivity index (χ0) is 7.66. The summed E-state index contributed by atoms with van der Waals surface area (Å²) in [5, 5.41) is 0. The van der Waals surface area contributed by atoms with Gasteiger partial charge in [-0.05, 0) is 0 Å². The number of hydrogen-bond acceptors (Lipinski definition) is 0. The van der Waals surface area contributed by atoms with Crippen LogP contribution >= 0.6 is 0 Å². The standard InChI is InChI=1S/C10H22.Li/c1-3-5-7-9-10-8-6-4-2;/h3-10H2,1-2H3;. The van der Waals surface area contributed by atoms with E-state index in [1.54, 1.807) is 0 Å². The van der Waals surface area contributed by atoms with Crippen LogP contribution < -0.4 is 0 Å². The van der Waals surface area contributed by atoms with Gasteiger partial charge in [0.05, 0.1) is 0 Å². The van der Waals surface area contributed by atoms with Gasteiger partial charge in [-0.1, -0.05) is 65.2 Å². The van der Waals surface area contributed by atoms with Crippen LogP contribution in [0, 0.1) is 0 Å². The van der Waals surface area contributed by atoms with Crippen molar-refractivity contribution in [2.45, 2.75) is 65.2 Å². The number of unbranched alkanes of at least 4 members (excludes halogenated alkanes) is 7. The summed E-state index contributed by atoms with van der Waals surface area (Å²) in [5.74, 6) is 0. The summed E-state index contributed by atoms with van der Waals surface area (Å²) in [6, 6.07) is 0. The smallest absolute Gasteiger partial charge is 0 e. The Morgan fingerprint density at radius 1 is 0.545 bits per heavy atom. The Balaban J connectivity index is 0. The van der Waals surface area contributed by atoms with Gasteiger partial charge in [0.2, 0.25) is 0 Å². The molecule has 0 spiro atoms. The molecule has 0 aromatic carbocycles. The third-order valence-electron chi connectivity index (χ3n) is 1.96. The van der Waals surface area contributed by atoms with Gasteiger partial charge in [0.1, 0.15) is 0 Å². The van der Waals surface area contributed by atoms with Crippen molar-refractivity contribution < 1.29 is 0 Å². The van der Waals surface area contributed by atoms with Crippen molar-refractivity contribution >= 4 is 18.9 Å². The molecule has 0 aliphatic carbocycles. The van der Waals surface area contributed by atoms with Crippen LogP contribution in [-0.4, -0.2) is 18.9 Å². The van der Waals surface area contributed by atoms with Crippen molar-refractivity contribution in [1.29, 1.82) is 0 Å². The third kappa shape index (κ3) is 13.6. The summed E-state index contributed by atoms with van der Waals surface area (Å²) in [6.45, 7) is 4.54. The van der Waals surface area contributed by atoms with Crippen molar-refractivity contribution in [3.05, 3.63) is 0 Å². The molecular formula is C10H22Li. The Morgan fingerprint density at radius 3 is 1.09 bits per heavy atom. The molecule has 0 saturated heterocycles. The molecule has 0 aromatic heterocycles. The van der Waals surface area contributed by atoms with Crippen molar-refractivity contribution in [3.63, 3.8) is 0 Å². The van der Waals surface area contributed by atoms with E-state index in [-0.39, 0.29) is 18.9 Å². The second kappa shape index (κ2) is 13.2. The quantitative estimate of drug-likeness (QED) is 0.382. The molecule has 0 atom stereocenters. The zero-order valence-electron chi connectivity index (χ0n) is 8.66. The van der Waals surface area contributed by atoms with Crippen LogP contribution in [0.4, 0.5) is 0 Å². The van der Waals surface area contributed by atoms with Crippen LogP contribution in [0.3, 0.4) is 0 Å². The predicted octanol–water partition coefficient (Wildman–Crippen LogP) is 3.77. The largest absolute Gasteiger partial charge is 0.0654 e. The van der Waals surface area contributed by atoms with E-state index in [1.165, 1.54) is 51.4 Å². The van der Waals surface area contributed by atoms with E-state index >= 15 is 0 Å². The molecule has 0 unspecified atom stereocenters. The molecule has 0 aliphatic heterocycles. The summed E-state index contributed by atoms with van der Waals surface area (Å²) >= 11 is 0. The fourth-order valence-electron chi connectivity index (χ4n) is 1.21. The Labute approximate surface area is 84.3 Å². The molecule has 1 heteroatoms. The minimum atomic E-state index is 0. The molecule has 0 aliphatic rings. The van der Waals surface area contributed by atoms with E-state index in [9.17, 15) is 0 Å². The Kier molecular flexibility index (Phi) is 17.0. The van der Waals surface area contributed by atoms with Crippen LogP contribution in [0.2, 0.25) is 0 Å². The van der Waals surface area contributed by atoms with Gasteiger partial charge in [-0.15, -0.1) is 0 Å². The summed E-state index contributed by atoms with van der Waals surface area (Å²) in [7, 11) is 0. The molecule has 11 heavy (non-hydrogen) atoms. The minimum Gasteiger partial charge on any atom is -0.0654 e. The normalized spacial score (nSPS) is 9.27. The Hall–Kier alpha value is 0.597. The predicted molar refractivity (Wildman–Crippen MR) is 54.0 cm³/mol. The number of hydrogen-bond donors (Lipinski definition) is 0. The molecule has 0 N–H and O–H groups in total. The minimum absolute atomic E-state index is 0. The van der Waals surface area contributed by atoms with E-state index in [1.807, 2.05) is 0 Å². The third-order valence-corrected chi connectivity index (χ3v) is 1.96. The van der Waals surface area contributed by atoms with E-state index in [0.29, 0.717) is 0 Å². The Bertz CT molecular complexity index is 44.8. The van der Waals surface area contributed by atoms with E-state index in [4.69, 9.17) is 0 Å². The van der Waals surface area contributed by atoms with Gasteiger partial charge in [0.25, 0.3) is 0 Å². The SMILES string of the molecule is CCCCCCCCCC.[Li]. The molecule has 1 radical (unpaired) electrons. The first-order chi connectivity index (χ1) is 4.91. The molecule has 63 valence electrons. The van der Waals surface area contributed by atoms with Gasteiger partial charge in [-0.3, -0.25) is 0 Å². The maximum Gasteiger partial charge on any atom is 0 e. The van der Waals surface area contributed by atoms with E-state index < -0.39 is 0 Å².